The van der Waals surface area contributed by atoms with Crippen LogP contribution >= 0.6 is 11.6 Å². The first kappa shape index (κ1) is 14.1. The van der Waals surface area contributed by atoms with E-state index >= 15 is 0 Å². The van der Waals surface area contributed by atoms with Crippen molar-refractivity contribution in [3.63, 3.8) is 0 Å². The third kappa shape index (κ3) is 3.16. The highest BCUT2D eigenvalue weighted by molar-refractivity contribution is 6.31. The number of fused-ring (bicyclic) bond motifs is 1. The van der Waals surface area contributed by atoms with Gasteiger partial charge in [0.2, 0.25) is 0 Å². The summed E-state index contributed by atoms with van der Waals surface area (Å²) in [4.78, 5) is 4.43. The van der Waals surface area contributed by atoms with Crippen molar-refractivity contribution in [1.82, 2.24) is 4.98 Å². The van der Waals surface area contributed by atoms with Crippen LogP contribution in [0.4, 0.5) is 10.2 Å². The molecule has 0 saturated heterocycles. The minimum Gasteiger partial charge on any atom is -0.370 e. The van der Waals surface area contributed by atoms with E-state index in [0.717, 1.165) is 42.6 Å². The highest BCUT2D eigenvalue weighted by Crippen LogP contribution is 2.26. The van der Waals surface area contributed by atoms with Crippen LogP contribution in [-0.2, 0) is 6.42 Å². The van der Waals surface area contributed by atoms with E-state index < -0.39 is 0 Å². The number of aryl methyl sites for hydroxylation is 1. The number of nitrogens with zero attached hydrogens (tertiary/aromatic N) is 1. The summed E-state index contributed by atoms with van der Waals surface area (Å²) in [5.41, 5.74) is 1.49. The van der Waals surface area contributed by atoms with Crippen LogP contribution in [0, 0.1) is 5.82 Å². The van der Waals surface area contributed by atoms with Gasteiger partial charge < -0.3 is 5.32 Å². The normalized spacial score (nSPS) is 10.9. The van der Waals surface area contributed by atoms with E-state index in [-0.39, 0.29) is 5.82 Å². The fraction of sp³-hybridized carbons (Fsp3) is 0.400. The Morgan fingerprint density at radius 3 is 2.68 bits per heavy atom. The van der Waals surface area contributed by atoms with Gasteiger partial charge in [0.25, 0.3) is 0 Å². The average molecular weight is 281 g/mol. The van der Waals surface area contributed by atoms with Gasteiger partial charge in [-0.1, -0.05) is 31.9 Å². The molecule has 19 heavy (non-hydrogen) atoms. The Hall–Kier alpha value is -1.35. The second kappa shape index (κ2) is 6.20. The zero-order valence-corrected chi connectivity index (χ0v) is 12.0. The minimum atomic E-state index is -0.370. The van der Waals surface area contributed by atoms with Crippen molar-refractivity contribution in [3.05, 3.63) is 34.6 Å². The van der Waals surface area contributed by atoms with E-state index in [9.17, 15) is 4.39 Å². The third-order valence-corrected chi connectivity index (χ3v) is 3.20. The summed E-state index contributed by atoms with van der Waals surface area (Å²) < 4.78 is 13.9. The summed E-state index contributed by atoms with van der Waals surface area (Å²) in [6.07, 6.45) is 2.95. The number of hydrogen-bond donors (Lipinski definition) is 1. The summed E-state index contributed by atoms with van der Waals surface area (Å²) in [6.45, 7) is 5.05. The summed E-state index contributed by atoms with van der Waals surface area (Å²) in [7, 11) is 0. The lowest BCUT2D eigenvalue weighted by Crippen LogP contribution is -2.06. The zero-order valence-electron chi connectivity index (χ0n) is 11.3. The van der Waals surface area contributed by atoms with Crippen LogP contribution in [-0.4, -0.2) is 11.5 Å². The molecule has 1 aromatic heterocycles. The lowest BCUT2D eigenvalue weighted by Gasteiger charge is -2.12. The quantitative estimate of drug-likeness (QED) is 0.851. The maximum Gasteiger partial charge on any atom is 0.150 e. The van der Waals surface area contributed by atoms with Crippen LogP contribution < -0.4 is 5.32 Å². The first-order valence-corrected chi connectivity index (χ1v) is 7.06. The maximum atomic E-state index is 13.9. The van der Waals surface area contributed by atoms with Crippen molar-refractivity contribution in [3.8, 4) is 0 Å². The van der Waals surface area contributed by atoms with E-state index in [2.05, 4.69) is 24.1 Å². The summed E-state index contributed by atoms with van der Waals surface area (Å²) in [5.74, 6) is 0.419. The molecule has 0 saturated carbocycles. The monoisotopic (exact) mass is 280 g/mol. The molecule has 2 rings (SSSR count). The zero-order chi connectivity index (χ0) is 13.8. The topological polar surface area (TPSA) is 24.9 Å². The second-order valence-electron chi connectivity index (χ2n) is 4.63. The van der Waals surface area contributed by atoms with Gasteiger partial charge in [-0.15, -0.1) is 0 Å². The van der Waals surface area contributed by atoms with Gasteiger partial charge in [-0.05, 0) is 36.6 Å². The molecule has 0 spiro atoms. The summed E-state index contributed by atoms with van der Waals surface area (Å²) >= 11 is 5.89. The average Bonchev–Trinajstić information content (AvgIpc) is 2.37. The molecule has 1 N–H and O–H groups in total. The molecular weight excluding hydrogens is 263 g/mol. The Morgan fingerprint density at radius 1 is 1.21 bits per heavy atom. The molecule has 0 aliphatic heterocycles. The number of anilines is 1. The highest BCUT2D eigenvalue weighted by atomic mass is 35.5. The smallest absolute Gasteiger partial charge is 0.150 e. The SMILES string of the molecule is CCCNc1nc2c(F)cc(Cl)cc2cc1CCC. The Balaban J connectivity index is 2.55. The summed E-state index contributed by atoms with van der Waals surface area (Å²) in [5, 5.41) is 4.44. The number of halogens is 2. The molecule has 0 aliphatic carbocycles. The molecule has 0 fully saturated rings. The fourth-order valence-corrected chi connectivity index (χ4v) is 2.32. The van der Waals surface area contributed by atoms with Crippen molar-refractivity contribution in [1.29, 1.82) is 0 Å². The largest absolute Gasteiger partial charge is 0.370 e. The second-order valence-corrected chi connectivity index (χ2v) is 5.07. The predicted octanol–water partition coefficient (Wildman–Crippen LogP) is 4.80. The first-order chi connectivity index (χ1) is 9.15. The molecule has 1 aromatic carbocycles. The number of rotatable bonds is 5. The Morgan fingerprint density at radius 2 is 2.00 bits per heavy atom. The van der Waals surface area contributed by atoms with Crippen molar-refractivity contribution in [2.24, 2.45) is 0 Å². The van der Waals surface area contributed by atoms with Gasteiger partial charge in [-0.2, -0.15) is 0 Å². The molecule has 2 nitrogen and oxygen atoms in total. The number of pyridine rings is 1. The van der Waals surface area contributed by atoms with Crippen LogP contribution in [0.1, 0.15) is 32.3 Å². The van der Waals surface area contributed by atoms with Crippen LogP contribution in [0.15, 0.2) is 18.2 Å². The van der Waals surface area contributed by atoms with Crippen LogP contribution in [0.2, 0.25) is 5.02 Å². The van der Waals surface area contributed by atoms with Gasteiger partial charge in [-0.25, -0.2) is 9.37 Å². The fourth-order valence-electron chi connectivity index (χ4n) is 2.11. The van der Waals surface area contributed by atoms with Crippen LogP contribution in [0.3, 0.4) is 0 Å². The molecule has 2 aromatic rings. The number of nitrogens with one attached hydrogen (secondary N) is 1. The minimum absolute atomic E-state index is 0.370. The third-order valence-electron chi connectivity index (χ3n) is 2.98. The van der Waals surface area contributed by atoms with Gasteiger partial charge in [0, 0.05) is 17.0 Å². The lowest BCUT2D eigenvalue weighted by molar-refractivity contribution is 0.637. The van der Waals surface area contributed by atoms with E-state index in [1.807, 2.05) is 6.07 Å². The maximum absolute atomic E-state index is 13.9. The van der Waals surface area contributed by atoms with E-state index in [1.54, 1.807) is 6.07 Å². The summed E-state index contributed by atoms with van der Waals surface area (Å²) in [6, 6.07) is 5.05. The molecule has 1 heterocycles. The van der Waals surface area contributed by atoms with Crippen molar-refractivity contribution in [2.45, 2.75) is 33.1 Å². The molecule has 0 amide bonds. The standard InChI is InChI=1S/C15H18ClFN2/c1-3-5-10-7-11-8-12(16)9-13(17)14(11)19-15(10)18-6-4-2/h7-9H,3-6H2,1-2H3,(H,18,19). The molecule has 0 unspecified atom stereocenters. The van der Waals surface area contributed by atoms with Gasteiger partial charge >= 0.3 is 0 Å². The number of aromatic nitrogens is 1. The molecule has 0 bridgehead atoms. The van der Waals surface area contributed by atoms with Gasteiger partial charge in [-0.3, -0.25) is 0 Å². The van der Waals surface area contributed by atoms with Gasteiger partial charge in [0.05, 0.1) is 0 Å². The number of benzene rings is 1. The van der Waals surface area contributed by atoms with Gasteiger partial charge in [0.1, 0.15) is 11.3 Å². The van der Waals surface area contributed by atoms with Crippen molar-refractivity contribution < 1.29 is 4.39 Å². The predicted molar refractivity (Wildman–Crippen MR) is 79.5 cm³/mol. The van der Waals surface area contributed by atoms with E-state index in [1.165, 1.54) is 6.07 Å². The molecule has 0 radical (unpaired) electrons. The molecule has 4 heteroatoms. The van der Waals surface area contributed by atoms with Gasteiger partial charge in [0.15, 0.2) is 5.82 Å². The van der Waals surface area contributed by atoms with Crippen molar-refractivity contribution in [2.75, 3.05) is 11.9 Å². The molecule has 102 valence electrons. The lowest BCUT2D eigenvalue weighted by atomic mass is 10.1. The Bertz CT molecular complexity index is 584. The van der Waals surface area contributed by atoms with Crippen molar-refractivity contribution >= 4 is 28.3 Å². The van der Waals surface area contributed by atoms with E-state index in [4.69, 9.17) is 11.6 Å². The number of hydrogen-bond acceptors (Lipinski definition) is 2. The van der Waals surface area contributed by atoms with Crippen LogP contribution in [0.5, 0.6) is 0 Å². The highest BCUT2D eigenvalue weighted by Gasteiger charge is 2.10. The van der Waals surface area contributed by atoms with Crippen LogP contribution in [0.25, 0.3) is 10.9 Å². The Labute approximate surface area is 118 Å². The molecule has 0 aliphatic rings. The first-order valence-electron chi connectivity index (χ1n) is 6.68. The Kier molecular flexibility index (Phi) is 4.59. The molecule has 0 atom stereocenters. The molecular formula is C15H18ClFN2. The van der Waals surface area contributed by atoms with E-state index in [0.29, 0.717) is 10.5 Å².